The average Bonchev–Trinajstić information content (AvgIpc) is 2.43. The van der Waals surface area contributed by atoms with Crippen molar-refractivity contribution in [3.63, 3.8) is 0 Å². The highest BCUT2D eigenvalue weighted by Gasteiger charge is 2.19. The van der Waals surface area contributed by atoms with E-state index in [1.54, 1.807) is 24.1 Å². The topological polar surface area (TPSA) is 75.5 Å². The molecule has 0 fully saturated rings. The number of rotatable bonds is 6. The maximum absolute atomic E-state index is 12.0. The summed E-state index contributed by atoms with van der Waals surface area (Å²) in [6.07, 6.45) is 0. The molecular formula is C14H21N3O3. The Hall–Kier alpha value is -1.95. The number of nitrogens with one attached hydrogen (secondary N) is 1. The molecular weight excluding hydrogens is 258 g/mol. The number of nitro benzene ring substituents is 1. The third kappa shape index (κ3) is 4.31. The fourth-order valence-corrected chi connectivity index (χ4v) is 1.75. The molecule has 0 aromatic heterocycles. The van der Waals surface area contributed by atoms with Gasteiger partial charge in [0.05, 0.1) is 17.5 Å². The van der Waals surface area contributed by atoms with E-state index < -0.39 is 4.92 Å². The zero-order valence-corrected chi connectivity index (χ0v) is 12.3. The lowest BCUT2D eigenvalue weighted by molar-refractivity contribution is -0.384. The van der Waals surface area contributed by atoms with Crippen LogP contribution in [-0.4, -0.2) is 35.4 Å². The highest BCUT2D eigenvalue weighted by Crippen LogP contribution is 2.22. The highest BCUT2D eigenvalue weighted by atomic mass is 16.6. The Balaban J connectivity index is 2.78. The van der Waals surface area contributed by atoms with Crippen LogP contribution in [0.2, 0.25) is 0 Å². The third-order valence-electron chi connectivity index (χ3n) is 3.20. The van der Waals surface area contributed by atoms with Crippen LogP contribution in [0.4, 0.5) is 5.69 Å². The van der Waals surface area contributed by atoms with Gasteiger partial charge >= 0.3 is 0 Å². The highest BCUT2D eigenvalue weighted by molar-refractivity contribution is 5.78. The maximum Gasteiger partial charge on any atom is 0.269 e. The van der Waals surface area contributed by atoms with Crippen molar-refractivity contribution < 1.29 is 9.72 Å². The summed E-state index contributed by atoms with van der Waals surface area (Å²) in [7, 11) is 1.70. The zero-order valence-electron chi connectivity index (χ0n) is 12.3. The van der Waals surface area contributed by atoms with Crippen LogP contribution >= 0.6 is 0 Å². The Morgan fingerprint density at radius 2 is 2.05 bits per heavy atom. The second-order valence-corrected chi connectivity index (χ2v) is 5.07. The third-order valence-corrected chi connectivity index (χ3v) is 3.20. The smallest absolute Gasteiger partial charge is 0.269 e. The number of nitrogens with zero attached hydrogens (tertiary/aromatic N) is 2. The minimum atomic E-state index is -0.432. The molecule has 1 amide bonds. The summed E-state index contributed by atoms with van der Waals surface area (Å²) in [4.78, 5) is 23.9. The van der Waals surface area contributed by atoms with Gasteiger partial charge in [-0.1, -0.05) is 26.0 Å². The van der Waals surface area contributed by atoms with Gasteiger partial charge in [-0.2, -0.15) is 0 Å². The molecule has 1 atom stereocenters. The van der Waals surface area contributed by atoms with E-state index in [9.17, 15) is 14.9 Å². The summed E-state index contributed by atoms with van der Waals surface area (Å²) in [5, 5.41) is 13.8. The SMILES string of the molecule is CC(C)NCC(=O)N(C)C(C)c1cccc([N+](=O)[O-])c1. The molecule has 0 aliphatic heterocycles. The molecule has 20 heavy (non-hydrogen) atoms. The van der Waals surface area contributed by atoms with Gasteiger partial charge in [0.15, 0.2) is 0 Å². The van der Waals surface area contributed by atoms with Crippen LogP contribution in [0.5, 0.6) is 0 Å². The molecule has 0 saturated carbocycles. The van der Waals surface area contributed by atoms with E-state index in [0.29, 0.717) is 0 Å². The molecule has 110 valence electrons. The molecule has 0 spiro atoms. The number of hydrogen-bond acceptors (Lipinski definition) is 4. The Morgan fingerprint density at radius 3 is 2.60 bits per heavy atom. The zero-order chi connectivity index (χ0) is 15.3. The van der Waals surface area contributed by atoms with Crippen LogP contribution in [0.3, 0.4) is 0 Å². The van der Waals surface area contributed by atoms with E-state index in [1.807, 2.05) is 20.8 Å². The molecule has 6 nitrogen and oxygen atoms in total. The summed E-state index contributed by atoms with van der Waals surface area (Å²) in [5.74, 6) is -0.0438. The molecule has 0 aliphatic carbocycles. The van der Waals surface area contributed by atoms with Gasteiger partial charge in [0.2, 0.25) is 5.91 Å². The molecule has 1 rings (SSSR count). The first kappa shape index (κ1) is 16.1. The molecule has 0 saturated heterocycles. The first-order valence-electron chi connectivity index (χ1n) is 6.56. The Labute approximate surface area is 118 Å². The standard InChI is InChI=1S/C14H21N3O3/c1-10(2)15-9-14(18)16(4)11(3)12-6-5-7-13(8-12)17(19)20/h5-8,10-11,15H,9H2,1-4H3. The largest absolute Gasteiger partial charge is 0.338 e. The lowest BCUT2D eigenvalue weighted by Gasteiger charge is -2.26. The van der Waals surface area contributed by atoms with Crippen molar-refractivity contribution >= 4 is 11.6 Å². The van der Waals surface area contributed by atoms with Gasteiger partial charge in [0, 0.05) is 25.2 Å². The molecule has 1 unspecified atom stereocenters. The molecule has 6 heteroatoms. The van der Waals surface area contributed by atoms with Gasteiger partial charge in [-0.15, -0.1) is 0 Å². The van der Waals surface area contributed by atoms with Crippen molar-refractivity contribution in [2.24, 2.45) is 0 Å². The number of benzene rings is 1. The van der Waals surface area contributed by atoms with Crippen LogP contribution in [-0.2, 0) is 4.79 Å². The van der Waals surface area contributed by atoms with Gasteiger partial charge in [-0.05, 0) is 12.5 Å². The summed E-state index contributed by atoms with van der Waals surface area (Å²) in [6, 6.07) is 6.39. The summed E-state index contributed by atoms with van der Waals surface area (Å²) in [5.41, 5.74) is 0.787. The molecule has 1 aromatic rings. The first-order chi connectivity index (χ1) is 9.32. The number of hydrogen-bond donors (Lipinski definition) is 1. The number of likely N-dealkylation sites (N-methyl/N-ethyl adjacent to an activating group) is 1. The van der Waals surface area contributed by atoms with E-state index in [1.165, 1.54) is 12.1 Å². The predicted octanol–water partition coefficient (Wildman–Crippen LogP) is 2.11. The van der Waals surface area contributed by atoms with Crippen molar-refractivity contribution in [1.82, 2.24) is 10.2 Å². The van der Waals surface area contributed by atoms with Gasteiger partial charge < -0.3 is 10.2 Å². The molecule has 1 aromatic carbocycles. The molecule has 0 radical (unpaired) electrons. The minimum Gasteiger partial charge on any atom is -0.338 e. The number of amides is 1. The van der Waals surface area contributed by atoms with Crippen LogP contribution in [0.1, 0.15) is 32.4 Å². The number of carbonyl (C=O) groups is 1. The van der Waals surface area contributed by atoms with Crippen molar-refractivity contribution in [2.75, 3.05) is 13.6 Å². The summed E-state index contributed by atoms with van der Waals surface area (Å²) >= 11 is 0. The van der Waals surface area contributed by atoms with E-state index in [0.717, 1.165) is 5.56 Å². The molecule has 1 N–H and O–H groups in total. The predicted molar refractivity (Wildman–Crippen MR) is 77.4 cm³/mol. The van der Waals surface area contributed by atoms with Gasteiger partial charge in [-0.3, -0.25) is 14.9 Å². The minimum absolute atomic E-state index is 0.0375. The van der Waals surface area contributed by atoms with Crippen molar-refractivity contribution in [1.29, 1.82) is 0 Å². The number of non-ortho nitro benzene ring substituents is 1. The van der Waals surface area contributed by atoms with Crippen LogP contribution in [0.25, 0.3) is 0 Å². The van der Waals surface area contributed by atoms with Crippen LogP contribution in [0, 0.1) is 10.1 Å². The second kappa shape index (κ2) is 7.00. The fraction of sp³-hybridized carbons (Fsp3) is 0.500. The normalized spacial score (nSPS) is 12.2. The maximum atomic E-state index is 12.0. The molecule has 0 bridgehead atoms. The monoisotopic (exact) mass is 279 g/mol. The number of nitro groups is 1. The quantitative estimate of drug-likeness (QED) is 0.639. The van der Waals surface area contributed by atoms with Crippen molar-refractivity contribution in [2.45, 2.75) is 32.9 Å². The van der Waals surface area contributed by atoms with Gasteiger partial charge in [0.1, 0.15) is 0 Å². The van der Waals surface area contributed by atoms with Crippen molar-refractivity contribution in [3.05, 3.63) is 39.9 Å². The van der Waals surface area contributed by atoms with E-state index in [4.69, 9.17) is 0 Å². The molecule has 0 heterocycles. The van der Waals surface area contributed by atoms with Gasteiger partial charge in [0.25, 0.3) is 5.69 Å². The Morgan fingerprint density at radius 1 is 1.40 bits per heavy atom. The van der Waals surface area contributed by atoms with Crippen molar-refractivity contribution in [3.8, 4) is 0 Å². The lowest BCUT2D eigenvalue weighted by Crippen LogP contribution is -2.39. The van der Waals surface area contributed by atoms with Crippen LogP contribution in [0.15, 0.2) is 24.3 Å². The first-order valence-corrected chi connectivity index (χ1v) is 6.56. The number of carbonyl (C=O) groups excluding carboxylic acids is 1. The Bertz CT molecular complexity index is 488. The second-order valence-electron chi connectivity index (χ2n) is 5.07. The summed E-state index contributed by atoms with van der Waals surface area (Å²) in [6.45, 7) is 6.05. The Kier molecular flexibility index (Phi) is 5.64. The fourth-order valence-electron chi connectivity index (χ4n) is 1.75. The van der Waals surface area contributed by atoms with E-state index >= 15 is 0 Å². The summed E-state index contributed by atoms with van der Waals surface area (Å²) < 4.78 is 0. The average molecular weight is 279 g/mol. The van der Waals surface area contributed by atoms with Gasteiger partial charge in [-0.25, -0.2) is 0 Å². The van der Waals surface area contributed by atoms with E-state index in [2.05, 4.69) is 5.32 Å². The van der Waals surface area contributed by atoms with E-state index in [-0.39, 0.29) is 30.2 Å². The lowest BCUT2D eigenvalue weighted by atomic mass is 10.1. The molecule has 0 aliphatic rings. The van der Waals surface area contributed by atoms with Crippen LogP contribution < -0.4 is 5.32 Å².